The molecule has 0 heterocycles. The van der Waals surface area contributed by atoms with Gasteiger partial charge in [-0.1, -0.05) is 0 Å². The molecule has 1 atom stereocenters. The fourth-order valence-electron chi connectivity index (χ4n) is 1.60. The van der Waals surface area contributed by atoms with Crippen molar-refractivity contribution in [2.45, 2.75) is 57.4 Å². The van der Waals surface area contributed by atoms with Crippen molar-refractivity contribution in [2.24, 2.45) is 5.73 Å². The number of nitrogens with one attached hydrogen (secondary N) is 1. The average molecular weight is 274 g/mol. The minimum Gasteiger partial charge on any atom is -0.480 e. The molecule has 7 heteroatoms. The monoisotopic (exact) mass is 274 g/mol. The van der Waals surface area contributed by atoms with Gasteiger partial charge in [-0.15, -0.1) is 0 Å². The lowest BCUT2D eigenvalue weighted by molar-refractivity contribution is -0.141. The number of hydrogen-bond donors (Lipinski definition) is 3. The van der Waals surface area contributed by atoms with Gasteiger partial charge in [-0.2, -0.15) is 0 Å². The van der Waals surface area contributed by atoms with Crippen LogP contribution in [0.25, 0.3) is 0 Å². The Bertz CT molecular complexity index is 334. The first-order valence-electron chi connectivity index (χ1n) is 6.27. The van der Waals surface area contributed by atoms with E-state index in [0.29, 0.717) is 12.8 Å². The fourth-order valence-corrected chi connectivity index (χ4v) is 1.60. The summed E-state index contributed by atoms with van der Waals surface area (Å²) >= 11 is 0. The zero-order valence-corrected chi connectivity index (χ0v) is 11.5. The summed E-state index contributed by atoms with van der Waals surface area (Å²) in [5.41, 5.74) is 4.80. The highest BCUT2D eigenvalue weighted by Gasteiger charge is 2.33. The first-order chi connectivity index (χ1) is 8.67. The van der Waals surface area contributed by atoms with Crippen LogP contribution in [0.2, 0.25) is 0 Å². The van der Waals surface area contributed by atoms with Gasteiger partial charge in [-0.05, 0) is 33.6 Å². The van der Waals surface area contributed by atoms with Crippen molar-refractivity contribution >= 4 is 12.1 Å². The molecule has 0 aliphatic heterocycles. The van der Waals surface area contributed by atoms with Crippen LogP contribution in [-0.4, -0.2) is 47.6 Å². The van der Waals surface area contributed by atoms with Crippen molar-refractivity contribution in [1.82, 2.24) is 5.32 Å². The SMILES string of the molecule is CC(C)(C)OC(=O)NC1CC(OCC(N)C(=O)O)C1. The highest BCUT2D eigenvalue weighted by atomic mass is 16.6. The van der Waals surface area contributed by atoms with Crippen molar-refractivity contribution in [3.8, 4) is 0 Å². The van der Waals surface area contributed by atoms with Gasteiger partial charge in [0, 0.05) is 6.04 Å². The number of rotatable bonds is 5. The standard InChI is InChI=1S/C12H22N2O5/c1-12(2,3)19-11(17)14-7-4-8(5-7)18-6-9(13)10(15)16/h7-9H,4-6,13H2,1-3H3,(H,14,17)(H,15,16). The molecule has 0 aromatic carbocycles. The molecule has 110 valence electrons. The number of nitrogens with two attached hydrogens (primary N) is 1. The molecule has 0 radical (unpaired) electrons. The molecule has 1 aliphatic carbocycles. The van der Waals surface area contributed by atoms with E-state index in [1.54, 1.807) is 20.8 Å². The van der Waals surface area contributed by atoms with Crippen molar-refractivity contribution in [3.05, 3.63) is 0 Å². The molecule has 0 aromatic rings. The zero-order chi connectivity index (χ0) is 14.6. The van der Waals surface area contributed by atoms with Crippen LogP contribution < -0.4 is 11.1 Å². The van der Waals surface area contributed by atoms with Crippen molar-refractivity contribution in [2.75, 3.05) is 6.61 Å². The van der Waals surface area contributed by atoms with Gasteiger partial charge in [0.1, 0.15) is 11.6 Å². The highest BCUT2D eigenvalue weighted by molar-refractivity contribution is 5.73. The molecule has 0 bridgehead atoms. The van der Waals surface area contributed by atoms with E-state index in [-0.39, 0.29) is 18.8 Å². The van der Waals surface area contributed by atoms with E-state index < -0.39 is 23.7 Å². The van der Waals surface area contributed by atoms with Crippen LogP contribution in [0.4, 0.5) is 4.79 Å². The molecule has 0 spiro atoms. The van der Waals surface area contributed by atoms with Crippen molar-refractivity contribution < 1.29 is 24.2 Å². The largest absolute Gasteiger partial charge is 0.480 e. The number of carbonyl (C=O) groups is 2. The highest BCUT2D eigenvalue weighted by Crippen LogP contribution is 2.23. The first-order valence-corrected chi connectivity index (χ1v) is 6.27. The third-order valence-corrected chi connectivity index (χ3v) is 2.64. The minimum absolute atomic E-state index is 0.0147. The second-order valence-electron chi connectivity index (χ2n) is 5.71. The smallest absolute Gasteiger partial charge is 0.407 e. The number of aliphatic carboxylic acids is 1. The summed E-state index contributed by atoms with van der Waals surface area (Å²) in [6.07, 6.45) is 0.792. The van der Waals surface area contributed by atoms with E-state index in [4.69, 9.17) is 20.3 Å². The van der Waals surface area contributed by atoms with E-state index in [1.807, 2.05) is 0 Å². The number of carboxylic acid groups (broad SMARTS) is 1. The predicted molar refractivity (Wildman–Crippen MR) is 67.7 cm³/mol. The number of amides is 1. The van der Waals surface area contributed by atoms with E-state index in [0.717, 1.165) is 0 Å². The zero-order valence-electron chi connectivity index (χ0n) is 11.5. The Balaban J connectivity index is 2.13. The Morgan fingerprint density at radius 3 is 2.47 bits per heavy atom. The van der Waals surface area contributed by atoms with E-state index in [2.05, 4.69) is 5.32 Å². The molecular formula is C12H22N2O5. The normalized spacial score (nSPS) is 24.2. The molecule has 0 saturated heterocycles. The van der Waals surface area contributed by atoms with Crippen molar-refractivity contribution in [1.29, 1.82) is 0 Å². The van der Waals surface area contributed by atoms with Gasteiger partial charge in [0.25, 0.3) is 0 Å². The van der Waals surface area contributed by atoms with Gasteiger partial charge in [-0.3, -0.25) is 4.79 Å². The van der Waals surface area contributed by atoms with Gasteiger partial charge in [-0.25, -0.2) is 4.79 Å². The third-order valence-electron chi connectivity index (χ3n) is 2.64. The molecule has 7 nitrogen and oxygen atoms in total. The Kier molecular flexibility index (Phi) is 5.13. The Morgan fingerprint density at radius 1 is 1.42 bits per heavy atom. The summed E-state index contributed by atoms with van der Waals surface area (Å²) in [5.74, 6) is -1.08. The fraction of sp³-hybridized carbons (Fsp3) is 0.833. The maximum absolute atomic E-state index is 11.5. The van der Waals surface area contributed by atoms with E-state index >= 15 is 0 Å². The van der Waals surface area contributed by atoms with Crippen LogP contribution in [0, 0.1) is 0 Å². The molecule has 1 fully saturated rings. The number of ether oxygens (including phenoxy) is 2. The molecule has 19 heavy (non-hydrogen) atoms. The summed E-state index contributed by atoms with van der Waals surface area (Å²) in [6.45, 7) is 5.38. The summed E-state index contributed by atoms with van der Waals surface area (Å²) < 4.78 is 10.4. The molecule has 1 amide bonds. The summed E-state index contributed by atoms with van der Waals surface area (Å²) in [6, 6.07) is -0.987. The maximum atomic E-state index is 11.5. The lowest BCUT2D eigenvalue weighted by atomic mass is 9.89. The predicted octanol–water partition coefficient (Wildman–Crippen LogP) is 0.471. The lowest BCUT2D eigenvalue weighted by Gasteiger charge is -2.36. The Hall–Kier alpha value is -1.34. The van der Waals surface area contributed by atoms with Crippen LogP contribution >= 0.6 is 0 Å². The Morgan fingerprint density at radius 2 is 2.00 bits per heavy atom. The third kappa shape index (κ3) is 5.89. The van der Waals surface area contributed by atoms with Crippen molar-refractivity contribution in [3.63, 3.8) is 0 Å². The quantitative estimate of drug-likeness (QED) is 0.672. The van der Waals surface area contributed by atoms with Gasteiger partial charge in [0.05, 0.1) is 12.7 Å². The molecular weight excluding hydrogens is 252 g/mol. The van der Waals surface area contributed by atoms with Crippen LogP contribution in [0.5, 0.6) is 0 Å². The van der Waals surface area contributed by atoms with Crippen LogP contribution in [0.1, 0.15) is 33.6 Å². The topological polar surface area (TPSA) is 111 Å². The van der Waals surface area contributed by atoms with Crippen LogP contribution in [-0.2, 0) is 14.3 Å². The molecule has 0 aromatic heterocycles. The number of carboxylic acids is 1. The summed E-state index contributed by atoms with van der Waals surface area (Å²) in [4.78, 5) is 21.9. The molecule has 1 rings (SSSR count). The first kappa shape index (κ1) is 15.7. The molecule has 4 N–H and O–H groups in total. The average Bonchev–Trinajstić information content (AvgIpc) is 2.17. The van der Waals surface area contributed by atoms with Crippen LogP contribution in [0.15, 0.2) is 0 Å². The van der Waals surface area contributed by atoms with Gasteiger partial charge < -0.3 is 25.6 Å². The van der Waals surface area contributed by atoms with Gasteiger partial charge in [0.15, 0.2) is 0 Å². The van der Waals surface area contributed by atoms with Crippen LogP contribution in [0.3, 0.4) is 0 Å². The number of hydrogen-bond acceptors (Lipinski definition) is 5. The number of alkyl carbamates (subject to hydrolysis) is 1. The lowest BCUT2D eigenvalue weighted by Crippen LogP contribution is -2.50. The Labute approximate surface area is 112 Å². The second kappa shape index (κ2) is 6.21. The summed E-state index contributed by atoms with van der Waals surface area (Å²) in [7, 11) is 0. The van der Waals surface area contributed by atoms with E-state index in [9.17, 15) is 9.59 Å². The van der Waals surface area contributed by atoms with E-state index in [1.165, 1.54) is 0 Å². The molecule has 1 saturated carbocycles. The number of carbonyl (C=O) groups excluding carboxylic acids is 1. The van der Waals surface area contributed by atoms with Gasteiger partial charge in [0.2, 0.25) is 0 Å². The summed E-state index contributed by atoms with van der Waals surface area (Å²) in [5, 5.41) is 11.3. The maximum Gasteiger partial charge on any atom is 0.407 e. The van der Waals surface area contributed by atoms with Gasteiger partial charge >= 0.3 is 12.1 Å². The second-order valence-corrected chi connectivity index (χ2v) is 5.71. The molecule has 1 unspecified atom stereocenters. The minimum atomic E-state index is -1.08. The molecule has 1 aliphatic rings.